The standard InChI is InChI=1S/C20H21N3O6S/c1-13(24)22-30(27,28)16-9-7-15(8-10-16)21-20(26)14-11-19(25)23(12-14)17-5-3-4-6-18(17)29-2/h3-10,14H,11-12H2,1-2H3,(H,21,26)(H,22,24). The average Bonchev–Trinajstić information content (AvgIpc) is 3.09. The predicted octanol–water partition coefficient (Wildman–Crippen LogP) is 1.51. The number of carbonyl (C=O) groups is 3. The molecule has 0 bridgehead atoms. The van der Waals surface area contributed by atoms with Gasteiger partial charge in [-0.25, -0.2) is 13.1 Å². The molecule has 0 aliphatic carbocycles. The molecule has 1 heterocycles. The van der Waals surface area contributed by atoms with E-state index in [1.807, 2.05) is 4.72 Å². The first-order valence-corrected chi connectivity index (χ1v) is 10.6. The van der Waals surface area contributed by atoms with Crippen molar-refractivity contribution in [3.63, 3.8) is 0 Å². The van der Waals surface area contributed by atoms with Crippen LogP contribution >= 0.6 is 0 Å². The highest BCUT2D eigenvalue weighted by atomic mass is 32.2. The van der Waals surface area contributed by atoms with Gasteiger partial charge in [-0.3, -0.25) is 14.4 Å². The normalized spacial score (nSPS) is 16.3. The van der Waals surface area contributed by atoms with Gasteiger partial charge in [0.1, 0.15) is 5.75 Å². The van der Waals surface area contributed by atoms with Crippen molar-refractivity contribution in [3.8, 4) is 5.75 Å². The van der Waals surface area contributed by atoms with Crippen molar-refractivity contribution in [2.75, 3.05) is 23.9 Å². The number of para-hydroxylation sites is 2. The Bertz CT molecular complexity index is 1080. The predicted molar refractivity (Wildman–Crippen MR) is 110 cm³/mol. The maximum absolute atomic E-state index is 12.6. The highest BCUT2D eigenvalue weighted by Crippen LogP contribution is 2.33. The maximum atomic E-state index is 12.6. The summed E-state index contributed by atoms with van der Waals surface area (Å²) < 4.78 is 31.1. The largest absolute Gasteiger partial charge is 0.495 e. The lowest BCUT2D eigenvalue weighted by molar-refractivity contribution is -0.122. The zero-order chi connectivity index (χ0) is 21.9. The van der Waals surface area contributed by atoms with Gasteiger partial charge in [0, 0.05) is 25.6 Å². The summed E-state index contributed by atoms with van der Waals surface area (Å²) in [6.45, 7) is 1.31. The monoisotopic (exact) mass is 431 g/mol. The molecule has 9 nitrogen and oxygen atoms in total. The first-order chi connectivity index (χ1) is 14.2. The molecule has 3 amide bonds. The molecule has 2 N–H and O–H groups in total. The van der Waals surface area contributed by atoms with Crippen molar-refractivity contribution >= 4 is 39.1 Å². The maximum Gasteiger partial charge on any atom is 0.264 e. The minimum atomic E-state index is -3.95. The summed E-state index contributed by atoms with van der Waals surface area (Å²) in [4.78, 5) is 37.5. The van der Waals surface area contributed by atoms with Crippen LogP contribution in [0.3, 0.4) is 0 Å². The molecule has 30 heavy (non-hydrogen) atoms. The van der Waals surface area contributed by atoms with E-state index in [4.69, 9.17) is 4.74 Å². The molecule has 1 fully saturated rings. The van der Waals surface area contributed by atoms with Crippen molar-refractivity contribution in [2.45, 2.75) is 18.2 Å². The number of rotatable bonds is 6. The summed E-state index contributed by atoms with van der Waals surface area (Å²) in [6.07, 6.45) is 0.0544. The Labute approximate surface area is 174 Å². The number of amides is 3. The van der Waals surface area contributed by atoms with E-state index in [-0.39, 0.29) is 29.7 Å². The van der Waals surface area contributed by atoms with Crippen molar-refractivity contribution in [1.82, 2.24) is 4.72 Å². The molecule has 2 aromatic rings. The van der Waals surface area contributed by atoms with Crippen LogP contribution in [0.1, 0.15) is 13.3 Å². The van der Waals surface area contributed by atoms with Crippen molar-refractivity contribution < 1.29 is 27.5 Å². The van der Waals surface area contributed by atoms with Crippen LogP contribution in [0.5, 0.6) is 5.75 Å². The molecular formula is C20H21N3O6S. The molecule has 10 heteroatoms. The minimum Gasteiger partial charge on any atom is -0.495 e. The Morgan fingerprint density at radius 1 is 1.10 bits per heavy atom. The summed E-state index contributed by atoms with van der Waals surface area (Å²) >= 11 is 0. The van der Waals surface area contributed by atoms with Crippen LogP contribution < -0.4 is 19.7 Å². The number of sulfonamides is 1. The van der Waals surface area contributed by atoms with E-state index in [0.29, 0.717) is 17.1 Å². The second-order valence-electron chi connectivity index (χ2n) is 6.75. The lowest BCUT2D eigenvalue weighted by Crippen LogP contribution is -2.29. The van der Waals surface area contributed by atoms with E-state index in [1.54, 1.807) is 24.3 Å². The number of carbonyl (C=O) groups excluding carboxylic acids is 3. The summed E-state index contributed by atoms with van der Waals surface area (Å²) in [5.74, 6) is -1.25. The van der Waals surface area contributed by atoms with Crippen LogP contribution in [0.15, 0.2) is 53.4 Å². The molecule has 1 atom stereocenters. The molecule has 1 aliphatic heterocycles. The van der Waals surface area contributed by atoms with Crippen LogP contribution in [-0.2, 0) is 24.4 Å². The number of hydrogen-bond acceptors (Lipinski definition) is 6. The number of nitrogens with zero attached hydrogens (tertiary/aromatic N) is 1. The first kappa shape index (κ1) is 21.3. The number of methoxy groups -OCH3 is 1. The molecular weight excluding hydrogens is 410 g/mol. The molecule has 0 radical (unpaired) electrons. The molecule has 1 aliphatic rings. The van der Waals surface area contributed by atoms with Gasteiger partial charge in [-0.05, 0) is 36.4 Å². The van der Waals surface area contributed by atoms with Crippen LogP contribution in [0.4, 0.5) is 11.4 Å². The van der Waals surface area contributed by atoms with Crippen LogP contribution in [0.25, 0.3) is 0 Å². The Morgan fingerprint density at radius 3 is 2.40 bits per heavy atom. The van der Waals surface area contributed by atoms with Crippen molar-refractivity contribution in [3.05, 3.63) is 48.5 Å². The number of hydrogen-bond donors (Lipinski definition) is 2. The summed E-state index contributed by atoms with van der Waals surface area (Å²) in [5, 5.41) is 2.69. The van der Waals surface area contributed by atoms with Crippen molar-refractivity contribution in [1.29, 1.82) is 0 Å². The lowest BCUT2D eigenvalue weighted by atomic mass is 10.1. The van der Waals surface area contributed by atoms with Gasteiger partial charge in [0.15, 0.2) is 0 Å². The Kier molecular flexibility index (Phi) is 6.06. The first-order valence-electron chi connectivity index (χ1n) is 9.09. The van der Waals surface area contributed by atoms with Crippen LogP contribution in [-0.4, -0.2) is 39.8 Å². The molecule has 1 saturated heterocycles. The SMILES string of the molecule is COc1ccccc1N1CC(C(=O)Nc2ccc(S(=O)(=O)NC(C)=O)cc2)CC1=O. The van der Waals surface area contributed by atoms with Gasteiger partial charge in [-0.15, -0.1) is 0 Å². The van der Waals surface area contributed by atoms with E-state index in [0.717, 1.165) is 6.92 Å². The van der Waals surface area contributed by atoms with Gasteiger partial charge in [0.25, 0.3) is 10.0 Å². The van der Waals surface area contributed by atoms with E-state index >= 15 is 0 Å². The molecule has 1 unspecified atom stereocenters. The third-order valence-electron chi connectivity index (χ3n) is 4.58. The summed E-state index contributed by atoms with van der Waals surface area (Å²) in [5.41, 5.74) is 0.984. The lowest BCUT2D eigenvalue weighted by Gasteiger charge is -2.19. The molecule has 0 saturated carbocycles. The number of anilines is 2. The van der Waals surface area contributed by atoms with Gasteiger partial charge in [0.05, 0.1) is 23.6 Å². The summed E-state index contributed by atoms with van der Waals surface area (Å²) in [6, 6.07) is 12.5. The van der Waals surface area contributed by atoms with E-state index < -0.39 is 21.8 Å². The molecule has 0 spiro atoms. The van der Waals surface area contributed by atoms with Gasteiger partial charge in [0.2, 0.25) is 17.7 Å². The highest BCUT2D eigenvalue weighted by molar-refractivity contribution is 7.90. The number of benzene rings is 2. The Balaban J connectivity index is 1.68. The van der Waals surface area contributed by atoms with Gasteiger partial charge in [-0.1, -0.05) is 12.1 Å². The second-order valence-corrected chi connectivity index (χ2v) is 8.43. The van der Waals surface area contributed by atoms with E-state index in [2.05, 4.69) is 5.32 Å². The fourth-order valence-electron chi connectivity index (χ4n) is 3.18. The fourth-order valence-corrected chi connectivity index (χ4v) is 4.17. The zero-order valence-electron chi connectivity index (χ0n) is 16.4. The van der Waals surface area contributed by atoms with E-state index in [9.17, 15) is 22.8 Å². The molecule has 2 aromatic carbocycles. The molecule has 0 aromatic heterocycles. The third kappa shape index (κ3) is 4.60. The summed E-state index contributed by atoms with van der Waals surface area (Å²) in [7, 11) is -2.43. The van der Waals surface area contributed by atoms with Gasteiger partial charge >= 0.3 is 0 Å². The minimum absolute atomic E-state index is 0.0544. The van der Waals surface area contributed by atoms with Gasteiger partial charge < -0.3 is 15.0 Å². The molecule has 158 valence electrons. The third-order valence-corrected chi connectivity index (χ3v) is 6.03. The smallest absolute Gasteiger partial charge is 0.264 e. The zero-order valence-corrected chi connectivity index (χ0v) is 17.2. The fraction of sp³-hybridized carbons (Fsp3) is 0.250. The average molecular weight is 431 g/mol. The number of ether oxygens (including phenoxy) is 1. The Morgan fingerprint density at radius 2 is 1.77 bits per heavy atom. The van der Waals surface area contributed by atoms with Crippen LogP contribution in [0, 0.1) is 5.92 Å². The van der Waals surface area contributed by atoms with Crippen LogP contribution in [0.2, 0.25) is 0 Å². The van der Waals surface area contributed by atoms with E-state index in [1.165, 1.54) is 36.3 Å². The second kappa shape index (κ2) is 8.54. The molecule has 3 rings (SSSR count). The topological polar surface area (TPSA) is 122 Å². The Hall–Kier alpha value is -3.40. The number of nitrogens with one attached hydrogen (secondary N) is 2. The van der Waals surface area contributed by atoms with Gasteiger partial charge in [-0.2, -0.15) is 0 Å². The highest BCUT2D eigenvalue weighted by Gasteiger charge is 2.36. The quantitative estimate of drug-likeness (QED) is 0.715. The van der Waals surface area contributed by atoms with Crippen molar-refractivity contribution in [2.24, 2.45) is 5.92 Å².